The number of nitrogens with zero attached hydrogens (tertiary/aromatic N) is 3. The van der Waals surface area contributed by atoms with Crippen LogP contribution in [0.25, 0.3) is 11.7 Å². The predicted molar refractivity (Wildman–Crippen MR) is 73.9 cm³/mol. The van der Waals surface area contributed by atoms with Gasteiger partial charge in [0, 0.05) is 37.6 Å². The topological polar surface area (TPSA) is 64.5 Å². The lowest BCUT2D eigenvalue weighted by atomic mass is 10.4. The van der Waals surface area contributed by atoms with E-state index < -0.39 is 0 Å². The van der Waals surface area contributed by atoms with Gasteiger partial charge in [-0.25, -0.2) is 4.52 Å². The van der Waals surface area contributed by atoms with Crippen molar-refractivity contribution >= 4 is 17.6 Å². The maximum atomic E-state index is 11.6. The average molecular weight is 270 g/mol. The van der Waals surface area contributed by atoms with Gasteiger partial charge in [-0.1, -0.05) is 0 Å². The minimum atomic E-state index is -0.141. The summed E-state index contributed by atoms with van der Waals surface area (Å²) in [7, 11) is 0. The first-order valence-corrected chi connectivity index (χ1v) is 6.31. The first-order chi connectivity index (χ1) is 9.83. The van der Waals surface area contributed by atoms with Crippen LogP contribution in [0.2, 0.25) is 0 Å². The second-order valence-electron chi connectivity index (χ2n) is 4.27. The molecule has 0 spiro atoms. The van der Waals surface area contributed by atoms with E-state index in [0.29, 0.717) is 18.8 Å². The summed E-state index contributed by atoms with van der Waals surface area (Å²) in [5, 5.41) is 6.95. The molecule has 6 nitrogen and oxygen atoms in total. The Morgan fingerprint density at radius 2 is 2.35 bits per heavy atom. The van der Waals surface area contributed by atoms with Crippen LogP contribution in [0.15, 0.2) is 53.5 Å². The number of carbonyl (C=O) groups excluding carboxylic acids is 1. The van der Waals surface area contributed by atoms with Crippen LogP contribution in [0.4, 0.5) is 0 Å². The van der Waals surface area contributed by atoms with Crippen molar-refractivity contribution in [1.82, 2.24) is 19.5 Å². The minimum absolute atomic E-state index is 0.141. The Hall–Kier alpha value is -2.76. The molecule has 6 heteroatoms. The quantitative estimate of drug-likeness (QED) is 0.715. The fraction of sp³-hybridized carbons (Fsp3) is 0.143. The molecule has 1 amide bonds. The Balaban J connectivity index is 1.50. The van der Waals surface area contributed by atoms with Crippen molar-refractivity contribution in [3.63, 3.8) is 0 Å². The second-order valence-corrected chi connectivity index (χ2v) is 4.27. The Morgan fingerprint density at radius 3 is 3.20 bits per heavy atom. The molecule has 0 aromatic carbocycles. The van der Waals surface area contributed by atoms with Crippen LogP contribution >= 0.6 is 0 Å². The van der Waals surface area contributed by atoms with Crippen molar-refractivity contribution in [3.05, 3.63) is 54.9 Å². The smallest absolute Gasteiger partial charge is 0.244 e. The molecule has 0 saturated carbocycles. The largest absolute Gasteiger partial charge is 0.465 e. The van der Waals surface area contributed by atoms with Gasteiger partial charge in [0.15, 0.2) is 0 Å². The highest BCUT2D eigenvalue weighted by atomic mass is 16.3. The predicted octanol–water partition coefficient (Wildman–Crippen LogP) is 1.56. The number of hydrogen-bond acceptors (Lipinski definition) is 3. The van der Waals surface area contributed by atoms with Gasteiger partial charge in [0.25, 0.3) is 0 Å². The molecule has 20 heavy (non-hydrogen) atoms. The monoisotopic (exact) mass is 270 g/mol. The molecule has 0 unspecified atom stereocenters. The third kappa shape index (κ3) is 2.64. The molecule has 3 aromatic heterocycles. The minimum Gasteiger partial charge on any atom is -0.465 e. The zero-order valence-corrected chi connectivity index (χ0v) is 10.8. The lowest BCUT2D eigenvalue weighted by Crippen LogP contribution is -2.25. The average Bonchev–Trinajstić information content (AvgIpc) is 3.15. The van der Waals surface area contributed by atoms with Gasteiger partial charge in [-0.2, -0.15) is 5.10 Å². The first-order valence-electron chi connectivity index (χ1n) is 6.31. The summed E-state index contributed by atoms with van der Waals surface area (Å²) in [6, 6.07) is 5.50. The van der Waals surface area contributed by atoms with E-state index in [4.69, 9.17) is 4.42 Å². The van der Waals surface area contributed by atoms with Crippen LogP contribution in [0.1, 0.15) is 5.76 Å². The molecule has 0 aliphatic carbocycles. The number of amides is 1. The van der Waals surface area contributed by atoms with Gasteiger partial charge in [0.2, 0.25) is 5.91 Å². The van der Waals surface area contributed by atoms with E-state index in [-0.39, 0.29) is 5.91 Å². The molecule has 0 saturated heterocycles. The number of rotatable bonds is 5. The molecule has 0 aliphatic heterocycles. The molecule has 0 radical (unpaired) electrons. The number of imidazole rings is 1. The van der Waals surface area contributed by atoms with E-state index in [9.17, 15) is 4.79 Å². The number of aromatic nitrogens is 3. The van der Waals surface area contributed by atoms with E-state index in [1.165, 1.54) is 6.08 Å². The number of hydrogen-bond donors (Lipinski definition) is 1. The van der Waals surface area contributed by atoms with E-state index in [1.54, 1.807) is 35.2 Å². The zero-order chi connectivity index (χ0) is 13.8. The van der Waals surface area contributed by atoms with Crippen LogP contribution < -0.4 is 5.32 Å². The molecule has 0 aliphatic rings. The van der Waals surface area contributed by atoms with E-state index >= 15 is 0 Å². The molecule has 3 aromatic rings. The molecular formula is C14H14N4O2. The highest BCUT2D eigenvalue weighted by molar-refractivity contribution is 5.91. The van der Waals surface area contributed by atoms with Gasteiger partial charge in [-0.15, -0.1) is 0 Å². The van der Waals surface area contributed by atoms with Crippen molar-refractivity contribution in [1.29, 1.82) is 0 Å². The van der Waals surface area contributed by atoms with Crippen LogP contribution in [-0.4, -0.2) is 26.6 Å². The summed E-state index contributed by atoms with van der Waals surface area (Å²) in [6.45, 7) is 1.25. The maximum absolute atomic E-state index is 11.6. The fourth-order valence-electron chi connectivity index (χ4n) is 1.96. The maximum Gasteiger partial charge on any atom is 0.244 e. The van der Waals surface area contributed by atoms with Crippen LogP contribution in [0.5, 0.6) is 0 Å². The van der Waals surface area contributed by atoms with Crippen LogP contribution in [0, 0.1) is 0 Å². The normalized spacial score (nSPS) is 11.4. The summed E-state index contributed by atoms with van der Waals surface area (Å²) in [4.78, 5) is 11.6. The lowest BCUT2D eigenvalue weighted by molar-refractivity contribution is -0.116. The number of furan rings is 1. The molecular weight excluding hydrogens is 256 g/mol. The van der Waals surface area contributed by atoms with Crippen molar-refractivity contribution in [3.8, 4) is 0 Å². The third-order valence-corrected chi connectivity index (χ3v) is 2.93. The lowest BCUT2D eigenvalue weighted by Gasteiger charge is -2.04. The van der Waals surface area contributed by atoms with E-state index in [1.807, 2.05) is 23.0 Å². The molecule has 0 atom stereocenters. The van der Waals surface area contributed by atoms with Gasteiger partial charge in [-0.3, -0.25) is 4.79 Å². The Labute approximate surface area is 115 Å². The Kier molecular flexibility index (Phi) is 3.36. The van der Waals surface area contributed by atoms with Gasteiger partial charge >= 0.3 is 0 Å². The summed E-state index contributed by atoms with van der Waals surface area (Å²) in [5.74, 6) is 0.518. The number of fused-ring (bicyclic) bond motifs is 1. The van der Waals surface area contributed by atoms with Crippen molar-refractivity contribution < 1.29 is 9.21 Å². The highest BCUT2D eigenvalue weighted by Gasteiger charge is 2.01. The first kappa shape index (κ1) is 12.3. The van der Waals surface area contributed by atoms with Gasteiger partial charge in [0.05, 0.1) is 12.5 Å². The SMILES string of the molecule is O=C(/C=C/c1ccco1)NCCn1ccn2nccc12. The summed E-state index contributed by atoms with van der Waals surface area (Å²) in [5.41, 5.74) is 1.00. The van der Waals surface area contributed by atoms with Crippen LogP contribution in [-0.2, 0) is 11.3 Å². The van der Waals surface area contributed by atoms with Crippen molar-refractivity contribution in [2.75, 3.05) is 6.54 Å². The molecule has 3 heterocycles. The number of carbonyl (C=O) groups is 1. The van der Waals surface area contributed by atoms with Crippen molar-refractivity contribution in [2.24, 2.45) is 0 Å². The summed E-state index contributed by atoms with van der Waals surface area (Å²) < 4.78 is 8.93. The van der Waals surface area contributed by atoms with Gasteiger partial charge in [-0.05, 0) is 18.2 Å². The third-order valence-electron chi connectivity index (χ3n) is 2.93. The Morgan fingerprint density at radius 1 is 1.40 bits per heavy atom. The summed E-state index contributed by atoms with van der Waals surface area (Å²) >= 11 is 0. The van der Waals surface area contributed by atoms with Crippen LogP contribution in [0.3, 0.4) is 0 Å². The van der Waals surface area contributed by atoms with Gasteiger partial charge < -0.3 is 14.3 Å². The summed E-state index contributed by atoms with van der Waals surface area (Å²) in [6.07, 6.45) is 10.2. The fourth-order valence-corrected chi connectivity index (χ4v) is 1.96. The molecule has 0 bridgehead atoms. The van der Waals surface area contributed by atoms with E-state index in [0.717, 1.165) is 5.65 Å². The van der Waals surface area contributed by atoms with E-state index in [2.05, 4.69) is 10.4 Å². The molecule has 102 valence electrons. The Bertz CT molecular complexity index is 721. The number of nitrogens with one attached hydrogen (secondary N) is 1. The second kappa shape index (κ2) is 5.48. The molecule has 1 N–H and O–H groups in total. The highest BCUT2D eigenvalue weighted by Crippen LogP contribution is 2.03. The van der Waals surface area contributed by atoms with Gasteiger partial charge in [0.1, 0.15) is 11.4 Å². The zero-order valence-electron chi connectivity index (χ0n) is 10.8. The standard InChI is InChI=1S/C14H14N4O2/c19-13(4-3-12-2-1-11-20-12)15-7-8-17-9-10-18-14(17)5-6-16-18/h1-6,9-11H,7-8H2,(H,15,19)/b4-3+. The van der Waals surface area contributed by atoms with Crippen molar-refractivity contribution in [2.45, 2.75) is 6.54 Å². The molecule has 3 rings (SSSR count). The molecule has 0 fully saturated rings.